The van der Waals surface area contributed by atoms with Crippen LogP contribution in [0.3, 0.4) is 0 Å². The Kier molecular flexibility index (Phi) is 4.61. The summed E-state index contributed by atoms with van der Waals surface area (Å²) in [7, 11) is 2.17. The molecule has 1 aromatic carbocycles. The molecule has 136 valence electrons. The van der Waals surface area contributed by atoms with Crippen LogP contribution in [0, 0.1) is 6.92 Å². The molecule has 0 aliphatic carbocycles. The van der Waals surface area contributed by atoms with Gasteiger partial charge in [-0.25, -0.2) is 4.98 Å². The van der Waals surface area contributed by atoms with Gasteiger partial charge in [0.1, 0.15) is 11.5 Å². The second kappa shape index (κ2) is 6.91. The minimum absolute atomic E-state index is 0.477. The molecule has 1 aliphatic heterocycles. The van der Waals surface area contributed by atoms with E-state index in [2.05, 4.69) is 51.5 Å². The van der Waals surface area contributed by atoms with Crippen LogP contribution >= 0.6 is 11.6 Å². The van der Waals surface area contributed by atoms with Gasteiger partial charge in [0.25, 0.3) is 0 Å². The maximum absolute atomic E-state index is 6.14. The molecule has 1 aliphatic rings. The third kappa shape index (κ3) is 3.07. The molecule has 3 aromatic rings. The molecule has 0 atom stereocenters. The molecule has 2 aromatic heterocycles. The number of aromatic nitrogens is 2. The van der Waals surface area contributed by atoms with Crippen molar-refractivity contribution in [3.05, 3.63) is 52.8 Å². The normalized spacial score (nSPS) is 15.8. The molecule has 0 spiro atoms. The Morgan fingerprint density at radius 3 is 2.58 bits per heavy atom. The zero-order chi connectivity index (χ0) is 18.3. The molecular formula is C20H24ClN5. The molecule has 4 rings (SSSR count). The van der Waals surface area contributed by atoms with Crippen LogP contribution in [-0.2, 0) is 6.54 Å². The summed E-state index contributed by atoms with van der Waals surface area (Å²) in [5, 5.41) is 0.752. The van der Waals surface area contributed by atoms with Gasteiger partial charge in [-0.1, -0.05) is 17.7 Å². The number of hydrogen-bond donors (Lipinski definition) is 1. The van der Waals surface area contributed by atoms with Crippen LogP contribution in [0.25, 0.3) is 16.8 Å². The Balaban J connectivity index is 1.83. The van der Waals surface area contributed by atoms with Crippen LogP contribution in [0.4, 0.5) is 5.82 Å². The Bertz CT molecular complexity index is 941. The van der Waals surface area contributed by atoms with Gasteiger partial charge in [-0.2, -0.15) is 0 Å². The maximum Gasteiger partial charge on any atom is 0.138 e. The van der Waals surface area contributed by atoms with Crippen molar-refractivity contribution in [3.8, 4) is 11.1 Å². The number of rotatable bonds is 3. The molecule has 0 radical (unpaired) electrons. The van der Waals surface area contributed by atoms with Gasteiger partial charge < -0.3 is 15.5 Å². The molecule has 0 bridgehead atoms. The SMILES string of the molecule is Cc1cc(Cl)ccc1-c1cn2c(N3CCN(C)CC3)cnc2cc1CN. The lowest BCUT2D eigenvalue weighted by Crippen LogP contribution is -2.44. The number of anilines is 1. The van der Waals surface area contributed by atoms with Gasteiger partial charge in [0.15, 0.2) is 0 Å². The predicted molar refractivity (Wildman–Crippen MR) is 108 cm³/mol. The average Bonchev–Trinajstić information content (AvgIpc) is 3.04. The lowest BCUT2D eigenvalue weighted by molar-refractivity contribution is 0.312. The number of likely N-dealkylation sites (N-methyl/N-ethyl adjacent to an activating group) is 1. The highest BCUT2D eigenvalue weighted by Crippen LogP contribution is 2.31. The largest absolute Gasteiger partial charge is 0.354 e. The Labute approximate surface area is 159 Å². The highest BCUT2D eigenvalue weighted by atomic mass is 35.5. The van der Waals surface area contributed by atoms with Gasteiger partial charge in [0, 0.05) is 49.5 Å². The summed E-state index contributed by atoms with van der Waals surface area (Å²) in [4.78, 5) is 9.38. The number of hydrogen-bond acceptors (Lipinski definition) is 4. The van der Waals surface area contributed by atoms with Crippen molar-refractivity contribution in [1.82, 2.24) is 14.3 Å². The minimum atomic E-state index is 0.477. The van der Waals surface area contributed by atoms with Crippen molar-refractivity contribution in [1.29, 1.82) is 0 Å². The number of halogens is 1. The van der Waals surface area contributed by atoms with Crippen molar-refractivity contribution in [2.24, 2.45) is 5.73 Å². The first-order valence-electron chi connectivity index (χ1n) is 8.97. The second-order valence-corrected chi connectivity index (χ2v) is 7.45. The number of benzene rings is 1. The lowest BCUT2D eigenvalue weighted by Gasteiger charge is -2.33. The third-order valence-electron chi connectivity index (χ3n) is 5.24. The first kappa shape index (κ1) is 17.3. The minimum Gasteiger partial charge on any atom is -0.354 e. The quantitative estimate of drug-likeness (QED) is 0.770. The molecule has 0 saturated carbocycles. The fraction of sp³-hybridized carbons (Fsp3) is 0.350. The smallest absolute Gasteiger partial charge is 0.138 e. The molecule has 5 nitrogen and oxygen atoms in total. The summed E-state index contributed by atoms with van der Waals surface area (Å²) < 4.78 is 2.19. The van der Waals surface area contributed by atoms with Gasteiger partial charge in [-0.15, -0.1) is 0 Å². The molecule has 3 heterocycles. The number of imidazole rings is 1. The van der Waals surface area contributed by atoms with Crippen molar-refractivity contribution >= 4 is 23.1 Å². The van der Waals surface area contributed by atoms with E-state index < -0.39 is 0 Å². The highest BCUT2D eigenvalue weighted by molar-refractivity contribution is 6.30. The molecular weight excluding hydrogens is 346 g/mol. The zero-order valence-electron chi connectivity index (χ0n) is 15.2. The molecule has 1 fully saturated rings. The molecule has 26 heavy (non-hydrogen) atoms. The van der Waals surface area contributed by atoms with Crippen molar-refractivity contribution in [3.63, 3.8) is 0 Å². The molecule has 0 amide bonds. The third-order valence-corrected chi connectivity index (χ3v) is 5.47. The topological polar surface area (TPSA) is 49.8 Å². The van der Waals surface area contributed by atoms with E-state index in [1.165, 1.54) is 0 Å². The van der Waals surface area contributed by atoms with Gasteiger partial charge in [0.2, 0.25) is 0 Å². The fourth-order valence-electron chi connectivity index (χ4n) is 3.66. The monoisotopic (exact) mass is 369 g/mol. The molecule has 6 heteroatoms. The highest BCUT2D eigenvalue weighted by Gasteiger charge is 2.19. The number of fused-ring (bicyclic) bond motifs is 1. The standard InChI is InChI=1S/C20H24ClN5/c1-14-9-16(21)3-4-17(14)18-13-26-19(10-15(18)11-22)23-12-20(26)25-7-5-24(2)6-8-25/h3-4,9-10,12-13H,5-8,11,22H2,1-2H3. The number of pyridine rings is 1. The van der Waals surface area contributed by atoms with E-state index in [4.69, 9.17) is 17.3 Å². The summed E-state index contributed by atoms with van der Waals surface area (Å²) in [5.41, 5.74) is 11.5. The van der Waals surface area contributed by atoms with Crippen LogP contribution in [0.1, 0.15) is 11.1 Å². The van der Waals surface area contributed by atoms with Crippen LogP contribution in [0.2, 0.25) is 5.02 Å². The lowest BCUT2D eigenvalue weighted by atomic mass is 9.98. The second-order valence-electron chi connectivity index (χ2n) is 7.01. The molecule has 0 unspecified atom stereocenters. The Morgan fingerprint density at radius 1 is 1.12 bits per heavy atom. The first-order chi connectivity index (χ1) is 12.6. The van der Waals surface area contributed by atoms with E-state index >= 15 is 0 Å². The van der Waals surface area contributed by atoms with Gasteiger partial charge in [-0.3, -0.25) is 4.40 Å². The van der Waals surface area contributed by atoms with Crippen molar-refractivity contribution in [2.45, 2.75) is 13.5 Å². The van der Waals surface area contributed by atoms with E-state index in [9.17, 15) is 0 Å². The van der Waals surface area contributed by atoms with E-state index in [-0.39, 0.29) is 0 Å². The predicted octanol–water partition coefficient (Wildman–Crippen LogP) is 3.17. The van der Waals surface area contributed by atoms with Crippen LogP contribution < -0.4 is 10.6 Å². The van der Waals surface area contributed by atoms with E-state index in [1.807, 2.05) is 18.3 Å². The summed E-state index contributed by atoms with van der Waals surface area (Å²) >= 11 is 6.14. The molecule has 1 saturated heterocycles. The fourth-order valence-corrected chi connectivity index (χ4v) is 3.89. The zero-order valence-corrected chi connectivity index (χ0v) is 16.0. The van der Waals surface area contributed by atoms with Gasteiger partial charge in [0.05, 0.1) is 6.20 Å². The summed E-state index contributed by atoms with van der Waals surface area (Å²) in [6.07, 6.45) is 4.15. The van der Waals surface area contributed by atoms with E-state index in [0.29, 0.717) is 6.54 Å². The average molecular weight is 370 g/mol. The van der Waals surface area contributed by atoms with Gasteiger partial charge in [-0.05, 0) is 48.9 Å². The first-order valence-corrected chi connectivity index (χ1v) is 9.34. The van der Waals surface area contributed by atoms with Crippen molar-refractivity contribution < 1.29 is 0 Å². The summed E-state index contributed by atoms with van der Waals surface area (Å²) in [6, 6.07) is 8.10. The van der Waals surface area contributed by atoms with Crippen LogP contribution in [0.5, 0.6) is 0 Å². The Hall–Kier alpha value is -2.08. The summed E-state index contributed by atoms with van der Waals surface area (Å²) in [6.45, 7) is 6.72. The van der Waals surface area contributed by atoms with E-state index in [1.54, 1.807) is 0 Å². The Morgan fingerprint density at radius 2 is 1.88 bits per heavy atom. The maximum atomic E-state index is 6.14. The number of piperazine rings is 1. The van der Waals surface area contributed by atoms with Crippen LogP contribution in [0.15, 0.2) is 36.7 Å². The number of aryl methyl sites for hydroxylation is 1. The summed E-state index contributed by atoms with van der Waals surface area (Å²) in [5.74, 6) is 1.14. The number of nitrogens with two attached hydrogens (primary N) is 1. The van der Waals surface area contributed by atoms with Crippen molar-refractivity contribution in [2.75, 3.05) is 38.1 Å². The van der Waals surface area contributed by atoms with Gasteiger partial charge >= 0.3 is 0 Å². The number of nitrogens with zero attached hydrogens (tertiary/aromatic N) is 4. The molecule has 2 N–H and O–H groups in total. The van der Waals surface area contributed by atoms with Crippen LogP contribution in [-0.4, -0.2) is 47.5 Å². The van der Waals surface area contributed by atoms with E-state index in [0.717, 1.165) is 64.9 Å².